The van der Waals surface area contributed by atoms with Crippen molar-refractivity contribution in [2.45, 2.75) is 56.9 Å². The third-order valence-corrected chi connectivity index (χ3v) is 5.96. The molecule has 2 aliphatic rings. The molecule has 4 heteroatoms. The molecule has 2 saturated carbocycles. The fourth-order valence-corrected chi connectivity index (χ4v) is 3.48. The van der Waals surface area contributed by atoms with E-state index in [1.54, 1.807) is 6.26 Å². The lowest BCUT2D eigenvalue weighted by atomic mass is 9.51. The topological polar surface area (TPSA) is 38.3 Å². The lowest BCUT2D eigenvalue weighted by molar-refractivity contribution is -0.172. The number of rotatable bonds is 6. The zero-order chi connectivity index (χ0) is 12.5. The Balaban J connectivity index is 1.81. The van der Waals surface area contributed by atoms with Gasteiger partial charge in [-0.25, -0.2) is 0 Å². The summed E-state index contributed by atoms with van der Waals surface area (Å²) in [4.78, 5) is 0. The number of hydrogen-bond donors (Lipinski definition) is 1. The van der Waals surface area contributed by atoms with Crippen molar-refractivity contribution in [3.63, 3.8) is 0 Å². The third kappa shape index (κ3) is 2.45. The fraction of sp³-hybridized carbons (Fsp3) is 1.00. The Morgan fingerprint density at radius 3 is 2.71 bits per heavy atom. The van der Waals surface area contributed by atoms with Gasteiger partial charge in [-0.15, -0.1) is 0 Å². The molecule has 4 unspecified atom stereocenters. The van der Waals surface area contributed by atoms with Gasteiger partial charge in [0.2, 0.25) is 0 Å². The van der Waals surface area contributed by atoms with Crippen molar-refractivity contribution in [2.75, 3.05) is 19.4 Å². The van der Waals surface area contributed by atoms with Gasteiger partial charge in [0.25, 0.3) is 0 Å². The Labute approximate surface area is 107 Å². The third-order valence-electron chi connectivity index (χ3n) is 4.66. The summed E-state index contributed by atoms with van der Waals surface area (Å²) < 4.78 is 17.1. The highest BCUT2D eigenvalue weighted by atomic mass is 32.2. The van der Waals surface area contributed by atoms with E-state index in [1.807, 2.05) is 0 Å². The Kier molecular flexibility index (Phi) is 4.26. The van der Waals surface area contributed by atoms with Crippen LogP contribution in [-0.2, 0) is 15.5 Å². The van der Waals surface area contributed by atoms with Gasteiger partial charge in [0.1, 0.15) is 0 Å². The van der Waals surface area contributed by atoms with E-state index < -0.39 is 10.8 Å². The molecule has 0 saturated heterocycles. The van der Waals surface area contributed by atoms with Crippen molar-refractivity contribution in [2.24, 2.45) is 5.41 Å². The van der Waals surface area contributed by atoms with E-state index >= 15 is 0 Å². The van der Waals surface area contributed by atoms with Crippen molar-refractivity contribution in [1.82, 2.24) is 5.32 Å². The van der Waals surface area contributed by atoms with Crippen LogP contribution in [0, 0.1) is 5.41 Å². The molecule has 2 fully saturated rings. The molecule has 0 aliphatic heterocycles. The summed E-state index contributed by atoms with van der Waals surface area (Å²) in [6.45, 7) is 5.83. The number of ether oxygens (including phenoxy) is 1. The van der Waals surface area contributed by atoms with Crippen LogP contribution in [0.4, 0.5) is 0 Å². The average Bonchev–Trinajstić information content (AvgIpc) is 2.19. The van der Waals surface area contributed by atoms with E-state index in [4.69, 9.17) is 4.74 Å². The number of nitrogens with one attached hydrogen (secondary N) is 1. The summed E-state index contributed by atoms with van der Waals surface area (Å²) >= 11 is 0. The Bertz CT molecular complexity index is 291. The van der Waals surface area contributed by atoms with Crippen molar-refractivity contribution in [1.29, 1.82) is 0 Å². The smallest absolute Gasteiger partial charge is 0.0661 e. The van der Waals surface area contributed by atoms with Crippen LogP contribution in [0.15, 0.2) is 0 Å². The van der Waals surface area contributed by atoms with Crippen LogP contribution in [0.25, 0.3) is 0 Å². The molecule has 1 N–H and O–H groups in total. The summed E-state index contributed by atoms with van der Waals surface area (Å²) in [7, 11) is -0.719. The minimum atomic E-state index is -0.719. The zero-order valence-electron chi connectivity index (χ0n) is 11.2. The second-order valence-corrected chi connectivity index (χ2v) is 7.34. The Hall–Kier alpha value is 0.0700. The van der Waals surface area contributed by atoms with Gasteiger partial charge in [0, 0.05) is 46.9 Å². The summed E-state index contributed by atoms with van der Waals surface area (Å²) in [5.74, 6) is 0. The molecule has 17 heavy (non-hydrogen) atoms. The summed E-state index contributed by atoms with van der Waals surface area (Å²) in [5.41, 5.74) is 0.422. The van der Waals surface area contributed by atoms with E-state index in [-0.39, 0.29) is 5.25 Å². The summed E-state index contributed by atoms with van der Waals surface area (Å²) in [6.07, 6.45) is 7.35. The SMILES string of the molecule is CCOC1CC(NCC(C)S(C)=O)C12CCC2. The van der Waals surface area contributed by atoms with E-state index in [9.17, 15) is 4.21 Å². The van der Waals surface area contributed by atoms with Crippen LogP contribution >= 0.6 is 0 Å². The van der Waals surface area contributed by atoms with Crippen molar-refractivity contribution in [3.8, 4) is 0 Å². The molecule has 3 nitrogen and oxygen atoms in total. The lowest BCUT2D eigenvalue weighted by Crippen LogP contribution is -2.67. The van der Waals surface area contributed by atoms with Gasteiger partial charge in [-0.05, 0) is 33.1 Å². The predicted octanol–water partition coefficient (Wildman–Crippen LogP) is 1.69. The monoisotopic (exact) mass is 259 g/mol. The molecular weight excluding hydrogens is 234 g/mol. The molecule has 0 amide bonds. The molecule has 0 bridgehead atoms. The molecule has 4 atom stereocenters. The predicted molar refractivity (Wildman–Crippen MR) is 71.6 cm³/mol. The standard InChI is InChI=1S/C13H25NO2S/c1-4-16-12-8-11(13(12)6-5-7-13)14-9-10(2)17(3)15/h10-12,14H,4-9H2,1-3H3. The Morgan fingerprint density at radius 1 is 1.53 bits per heavy atom. The van der Waals surface area contributed by atoms with Crippen molar-refractivity contribution in [3.05, 3.63) is 0 Å². The quantitative estimate of drug-likeness (QED) is 0.789. The van der Waals surface area contributed by atoms with Gasteiger partial charge < -0.3 is 10.1 Å². The van der Waals surface area contributed by atoms with Crippen LogP contribution in [0.5, 0.6) is 0 Å². The minimum Gasteiger partial charge on any atom is -0.378 e. The first kappa shape index (κ1) is 13.5. The van der Waals surface area contributed by atoms with Gasteiger partial charge in [-0.2, -0.15) is 0 Å². The maximum absolute atomic E-state index is 11.3. The van der Waals surface area contributed by atoms with Crippen LogP contribution < -0.4 is 5.32 Å². The van der Waals surface area contributed by atoms with Gasteiger partial charge >= 0.3 is 0 Å². The molecule has 0 aromatic heterocycles. The molecule has 0 aromatic carbocycles. The molecular formula is C13H25NO2S. The van der Waals surface area contributed by atoms with E-state index in [2.05, 4.69) is 19.2 Å². The first-order chi connectivity index (χ1) is 8.10. The highest BCUT2D eigenvalue weighted by Gasteiger charge is 2.58. The second-order valence-electron chi connectivity index (χ2n) is 5.54. The van der Waals surface area contributed by atoms with E-state index in [0.29, 0.717) is 17.6 Å². The molecule has 2 aliphatic carbocycles. The molecule has 100 valence electrons. The molecule has 2 rings (SSSR count). The minimum absolute atomic E-state index is 0.248. The first-order valence-electron chi connectivity index (χ1n) is 6.77. The second kappa shape index (κ2) is 5.37. The van der Waals surface area contributed by atoms with Gasteiger partial charge in [0.05, 0.1) is 6.10 Å². The largest absolute Gasteiger partial charge is 0.378 e. The highest BCUT2D eigenvalue weighted by Crippen LogP contribution is 2.57. The fourth-order valence-electron chi connectivity index (χ4n) is 3.15. The highest BCUT2D eigenvalue weighted by molar-refractivity contribution is 7.84. The van der Waals surface area contributed by atoms with Crippen LogP contribution in [0.3, 0.4) is 0 Å². The maximum atomic E-state index is 11.3. The number of hydrogen-bond acceptors (Lipinski definition) is 3. The van der Waals surface area contributed by atoms with E-state index in [0.717, 1.165) is 19.6 Å². The lowest BCUT2D eigenvalue weighted by Gasteiger charge is -2.61. The molecule has 0 heterocycles. The van der Waals surface area contributed by atoms with Gasteiger partial charge in [-0.3, -0.25) is 4.21 Å². The molecule has 0 radical (unpaired) electrons. The zero-order valence-corrected chi connectivity index (χ0v) is 12.0. The Morgan fingerprint density at radius 2 is 2.24 bits per heavy atom. The van der Waals surface area contributed by atoms with Crippen LogP contribution in [-0.4, -0.2) is 41.0 Å². The van der Waals surface area contributed by atoms with Crippen molar-refractivity contribution >= 4 is 10.8 Å². The molecule has 1 spiro atoms. The van der Waals surface area contributed by atoms with Crippen LogP contribution in [0.1, 0.15) is 39.5 Å². The normalized spacial score (nSPS) is 33.8. The summed E-state index contributed by atoms with van der Waals surface area (Å²) in [5, 5.41) is 3.86. The summed E-state index contributed by atoms with van der Waals surface area (Å²) in [6, 6.07) is 0.596. The van der Waals surface area contributed by atoms with Crippen LogP contribution in [0.2, 0.25) is 0 Å². The van der Waals surface area contributed by atoms with Gasteiger partial charge in [-0.1, -0.05) is 6.42 Å². The maximum Gasteiger partial charge on any atom is 0.0661 e. The molecule has 0 aromatic rings. The van der Waals surface area contributed by atoms with E-state index in [1.165, 1.54) is 19.3 Å². The first-order valence-corrected chi connectivity index (χ1v) is 8.39. The average molecular weight is 259 g/mol. The van der Waals surface area contributed by atoms with Gasteiger partial charge in [0.15, 0.2) is 0 Å². The van der Waals surface area contributed by atoms with Crippen molar-refractivity contribution < 1.29 is 8.95 Å².